The molecule has 1 fully saturated rings. The van der Waals surface area contributed by atoms with Crippen molar-refractivity contribution in [1.82, 2.24) is 4.90 Å². The fourth-order valence-electron chi connectivity index (χ4n) is 5.84. The van der Waals surface area contributed by atoms with E-state index in [1.54, 1.807) is 31.3 Å². The highest BCUT2D eigenvalue weighted by molar-refractivity contribution is 9.10. The third-order valence-electron chi connectivity index (χ3n) is 7.39. The van der Waals surface area contributed by atoms with Crippen LogP contribution < -0.4 is 4.90 Å². The number of para-hydroxylation sites is 1. The molecule has 0 bridgehead atoms. The average molecular weight is 582 g/mol. The molecule has 3 aliphatic heterocycles. The molecule has 0 aromatic heterocycles. The minimum absolute atomic E-state index is 0.0108. The molecule has 2 aromatic rings. The lowest BCUT2D eigenvalue weighted by molar-refractivity contribution is -0.144. The summed E-state index contributed by atoms with van der Waals surface area (Å²) >= 11 is 3.37. The lowest BCUT2D eigenvalue weighted by atomic mass is 9.69. The second kappa shape index (κ2) is 9.39. The first-order valence-electron chi connectivity index (χ1n) is 11.7. The van der Waals surface area contributed by atoms with Crippen molar-refractivity contribution >= 4 is 51.3 Å². The molecule has 5 rings (SSSR count). The van der Waals surface area contributed by atoms with Crippen molar-refractivity contribution in [2.45, 2.75) is 23.9 Å². The Morgan fingerprint density at radius 1 is 0.947 bits per heavy atom. The number of esters is 3. The van der Waals surface area contributed by atoms with E-state index in [0.717, 1.165) is 15.7 Å². The highest BCUT2D eigenvalue weighted by Gasteiger charge is 2.67. The zero-order valence-corrected chi connectivity index (χ0v) is 22.6. The zero-order chi connectivity index (χ0) is 27.4. The van der Waals surface area contributed by atoms with E-state index in [2.05, 4.69) is 20.9 Å². The van der Waals surface area contributed by atoms with E-state index < -0.39 is 41.3 Å². The van der Waals surface area contributed by atoms with Crippen LogP contribution in [0.25, 0.3) is 0 Å². The maximum absolute atomic E-state index is 14.0. The lowest BCUT2D eigenvalue weighted by Gasteiger charge is -2.39. The molecule has 0 radical (unpaired) electrons. The number of hydrogen-bond donors (Lipinski definition) is 0. The van der Waals surface area contributed by atoms with Crippen molar-refractivity contribution in [3.05, 3.63) is 75.4 Å². The summed E-state index contributed by atoms with van der Waals surface area (Å²) < 4.78 is 16.0. The average Bonchev–Trinajstić information content (AvgIpc) is 3.42. The molecule has 3 heterocycles. The predicted octanol–water partition coefficient (Wildman–Crippen LogP) is 2.61. The Hall–Kier alpha value is -3.99. The van der Waals surface area contributed by atoms with E-state index in [9.17, 15) is 19.2 Å². The first-order chi connectivity index (χ1) is 18.2. The number of likely N-dealkylation sites (N-methyl/N-ethyl adjacent to an activating group) is 1. The van der Waals surface area contributed by atoms with Gasteiger partial charge in [0.15, 0.2) is 5.70 Å². The van der Waals surface area contributed by atoms with Gasteiger partial charge in [-0.3, -0.25) is 9.69 Å². The van der Waals surface area contributed by atoms with Crippen LogP contribution >= 0.6 is 15.9 Å². The van der Waals surface area contributed by atoms with Crippen molar-refractivity contribution in [3.63, 3.8) is 0 Å². The molecule has 196 valence electrons. The number of ether oxygens (including phenoxy) is 3. The Bertz CT molecular complexity index is 1430. The summed E-state index contributed by atoms with van der Waals surface area (Å²) in [6.07, 6.45) is 0.0712. The van der Waals surface area contributed by atoms with E-state index in [-0.39, 0.29) is 23.5 Å². The number of halogens is 1. The molecule has 38 heavy (non-hydrogen) atoms. The van der Waals surface area contributed by atoms with E-state index in [1.165, 1.54) is 26.2 Å². The molecular weight excluding hydrogens is 558 g/mol. The topological polar surface area (TPSA) is 115 Å². The monoisotopic (exact) mass is 581 g/mol. The quantitative estimate of drug-likeness (QED) is 0.400. The van der Waals surface area contributed by atoms with Crippen molar-refractivity contribution in [2.24, 2.45) is 4.99 Å². The van der Waals surface area contributed by atoms with Gasteiger partial charge in [-0.15, -0.1) is 0 Å². The number of nitrogens with zero attached hydrogens (tertiary/aromatic N) is 3. The van der Waals surface area contributed by atoms with Crippen molar-refractivity contribution in [1.29, 1.82) is 0 Å². The molecule has 2 aromatic carbocycles. The number of anilines is 1. The van der Waals surface area contributed by atoms with Gasteiger partial charge in [-0.25, -0.2) is 19.4 Å². The number of aliphatic imine (C=N–C) groups is 1. The number of likely N-dealkylation sites (tertiary alicyclic amines) is 1. The zero-order valence-electron chi connectivity index (χ0n) is 21.1. The first-order valence-corrected chi connectivity index (χ1v) is 12.5. The smallest absolute Gasteiger partial charge is 0.357 e. The molecule has 10 nitrogen and oxygen atoms in total. The van der Waals surface area contributed by atoms with Crippen LogP contribution in [0.3, 0.4) is 0 Å². The summed E-state index contributed by atoms with van der Waals surface area (Å²) in [6, 6.07) is 12.2. The largest absolute Gasteiger partial charge is 0.467 e. The second-order valence-corrected chi connectivity index (χ2v) is 10.0. The molecule has 1 saturated heterocycles. The van der Waals surface area contributed by atoms with Gasteiger partial charge in [-0.2, -0.15) is 0 Å². The number of rotatable bonds is 4. The maximum atomic E-state index is 14.0. The van der Waals surface area contributed by atoms with Crippen LogP contribution in [0.2, 0.25) is 0 Å². The number of amides is 1. The number of methoxy groups -OCH3 is 3. The summed E-state index contributed by atoms with van der Waals surface area (Å²) in [5.74, 6) is -2.61. The molecule has 1 amide bonds. The number of amidine groups is 1. The normalized spacial score (nSPS) is 23.2. The molecule has 3 atom stereocenters. The molecule has 3 aliphatic rings. The van der Waals surface area contributed by atoms with Gasteiger partial charge in [0.25, 0.3) is 5.91 Å². The number of fused-ring (bicyclic) bond motifs is 1. The van der Waals surface area contributed by atoms with Crippen LogP contribution in [0.5, 0.6) is 0 Å². The summed E-state index contributed by atoms with van der Waals surface area (Å²) in [5, 5.41) is 0. The summed E-state index contributed by atoms with van der Waals surface area (Å²) in [4.78, 5) is 61.2. The summed E-state index contributed by atoms with van der Waals surface area (Å²) in [7, 11) is 5.42. The molecule has 0 aliphatic carbocycles. The molecule has 1 spiro atoms. The summed E-state index contributed by atoms with van der Waals surface area (Å²) in [6.45, 7) is 0. The van der Waals surface area contributed by atoms with Crippen LogP contribution in [-0.4, -0.2) is 75.0 Å². The molecule has 0 saturated carbocycles. The Morgan fingerprint density at radius 2 is 1.61 bits per heavy atom. The number of hydrogen-bond acceptors (Lipinski definition) is 9. The van der Waals surface area contributed by atoms with Crippen molar-refractivity contribution in [2.75, 3.05) is 33.3 Å². The fourth-order valence-corrected chi connectivity index (χ4v) is 6.11. The van der Waals surface area contributed by atoms with Crippen LogP contribution in [0, 0.1) is 0 Å². The number of carbonyl (C=O) groups is 4. The highest BCUT2D eigenvalue weighted by atomic mass is 79.9. The van der Waals surface area contributed by atoms with Crippen molar-refractivity contribution < 1.29 is 33.4 Å². The van der Waals surface area contributed by atoms with Gasteiger partial charge in [0.1, 0.15) is 11.9 Å². The van der Waals surface area contributed by atoms with Gasteiger partial charge in [-0.1, -0.05) is 34.1 Å². The van der Waals surface area contributed by atoms with Crippen LogP contribution in [-0.2, 0) is 34.0 Å². The van der Waals surface area contributed by atoms with E-state index in [4.69, 9.17) is 14.2 Å². The van der Waals surface area contributed by atoms with Gasteiger partial charge < -0.3 is 19.1 Å². The van der Waals surface area contributed by atoms with Crippen LogP contribution in [0.4, 0.5) is 5.69 Å². The van der Waals surface area contributed by atoms with Crippen molar-refractivity contribution in [3.8, 4) is 0 Å². The second-order valence-electron chi connectivity index (χ2n) is 9.11. The van der Waals surface area contributed by atoms with E-state index in [0.29, 0.717) is 5.56 Å². The standard InChI is InChI=1S/C27H24BrN3O7/c1-30-17-8-6-5-7-16(17)27-13-18(23(33)36-2)31(22(32)14-9-11-15(28)12-10-14)26(27)29-20(25(35)38-4)19(21(27)30)24(34)37-3/h5-12,18,21H,13H2,1-4H3/t18-,21-,27-/m0/s1. The van der Waals surface area contributed by atoms with Gasteiger partial charge in [0.05, 0.1) is 38.4 Å². The number of benzene rings is 2. The molecule has 0 unspecified atom stereocenters. The SMILES string of the molecule is COC(=O)C1=C(C(=O)OC)[C@@H]2N(C)c3ccccc3[C@@]23C[C@@H](C(=O)OC)N(C(=O)c2ccc(Br)cc2)C3=N1. The Morgan fingerprint density at radius 3 is 2.24 bits per heavy atom. The lowest BCUT2D eigenvalue weighted by Crippen LogP contribution is -2.55. The van der Waals surface area contributed by atoms with E-state index in [1.807, 2.05) is 29.2 Å². The molecular formula is C27H24BrN3O7. The first kappa shape index (κ1) is 25.7. The van der Waals surface area contributed by atoms with E-state index >= 15 is 0 Å². The Balaban J connectivity index is 1.84. The summed E-state index contributed by atoms with van der Waals surface area (Å²) in [5.41, 5.74) is 0.393. The minimum atomic E-state index is -1.14. The number of carbonyl (C=O) groups excluding carboxylic acids is 4. The Kier molecular flexibility index (Phi) is 6.34. The van der Waals surface area contributed by atoms with Gasteiger partial charge in [0.2, 0.25) is 0 Å². The third-order valence-corrected chi connectivity index (χ3v) is 7.92. The molecule has 0 N–H and O–H groups in total. The Labute approximate surface area is 227 Å². The predicted molar refractivity (Wildman–Crippen MR) is 140 cm³/mol. The molecule has 11 heteroatoms. The minimum Gasteiger partial charge on any atom is -0.467 e. The maximum Gasteiger partial charge on any atom is 0.357 e. The van der Waals surface area contributed by atoms with Crippen LogP contribution in [0.15, 0.2) is 69.3 Å². The highest BCUT2D eigenvalue weighted by Crippen LogP contribution is 2.57. The van der Waals surface area contributed by atoms with Crippen LogP contribution in [0.1, 0.15) is 22.3 Å². The third kappa shape index (κ3) is 3.48. The van der Waals surface area contributed by atoms with Gasteiger partial charge in [0, 0.05) is 22.8 Å². The fraction of sp³-hybridized carbons (Fsp3) is 0.296. The van der Waals surface area contributed by atoms with Gasteiger partial charge in [-0.05, 0) is 42.3 Å². The van der Waals surface area contributed by atoms with Gasteiger partial charge >= 0.3 is 17.9 Å².